The van der Waals surface area contributed by atoms with E-state index in [1.165, 1.54) is 5.56 Å². The van der Waals surface area contributed by atoms with Gasteiger partial charge < -0.3 is 10.6 Å². The Bertz CT molecular complexity index is 495. The van der Waals surface area contributed by atoms with Crippen LogP contribution in [0.25, 0.3) is 0 Å². The summed E-state index contributed by atoms with van der Waals surface area (Å²) in [6.45, 7) is 6.90. The molecule has 0 atom stereocenters. The van der Waals surface area contributed by atoms with Crippen molar-refractivity contribution in [1.82, 2.24) is 15.5 Å². The van der Waals surface area contributed by atoms with Gasteiger partial charge in [-0.15, -0.1) is 0 Å². The maximum absolute atomic E-state index is 11.8. The molecular weight excluding hydrogens is 290 g/mol. The molecule has 1 aromatic rings. The van der Waals surface area contributed by atoms with Crippen LogP contribution in [-0.2, 0) is 16.0 Å². The van der Waals surface area contributed by atoms with Crippen LogP contribution < -0.4 is 10.6 Å². The van der Waals surface area contributed by atoms with Gasteiger partial charge in [0.25, 0.3) is 0 Å². The molecule has 0 unspecified atom stereocenters. The van der Waals surface area contributed by atoms with Gasteiger partial charge in [0.15, 0.2) is 0 Å². The number of aryl methyl sites for hydroxylation is 1. The highest BCUT2D eigenvalue weighted by Crippen LogP contribution is 2.01. The van der Waals surface area contributed by atoms with E-state index in [1.807, 2.05) is 39.0 Å². The van der Waals surface area contributed by atoms with Gasteiger partial charge in [-0.05, 0) is 46.2 Å². The van der Waals surface area contributed by atoms with Crippen molar-refractivity contribution in [3.8, 4) is 0 Å². The quantitative estimate of drug-likeness (QED) is 0.715. The van der Waals surface area contributed by atoms with Gasteiger partial charge >= 0.3 is 0 Å². The molecule has 2 amide bonds. The topological polar surface area (TPSA) is 61.4 Å². The lowest BCUT2D eigenvalue weighted by molar-refractivity contribution is -0.125. The van der Waals surface area contributed by atoms with Crippen LogP contribution in [0.2, 0.25) is 0 Å². The summed E-state index contributed by atoms with van der Waals surface area (Å²) in [7, 11) is 1.77. The van der Waals surface area contributed by atoms with Crippen LogP contribution in [0, 0.1) is 0 Å². The minimum absolute atomic E-state index is 0.0517. The SMILES string of the molecule is CN(CC(=O)NCCCc1ccccc1)CC(=O)NC(C)(C)C. The van der Waals surface area contributed by atoms with Gasteiger partial charge in [0.05, 0.1) is 13.1 Å². The van der Waals surface area contributed by atoms with Gasteiger partial charge in [0.2, 0.25) is 11.8 Å². The maximum Gasteiger partial charge on any atom is 0.234 e. The molecule has 2 N–H and O–H groups in total. The molecule has 0 aromatic heterocycles. The van der Waals surface area contributed by atoms with E-state index in [1.54, 1.807) is 11.9 Å². The van der Waals surface area contributed by atoms with Gasteiger partial charge in [0, 0.05) is 12.1 Å². The predicted molar refractivity (Wildman–Crippen MR) is 93.2 cm³/mol. The summed E-state index contributed by atoms with van der Waals surface area (Å²) in [6.07, 6.45) is 1.86. The molecule has 5 heteroatoms. The van der Waals surface area contributed by atoms with Crippen molar-refractivity contribution in [1.29, 1.82) is 0 Å². The Hall–Kier alpha value is -1.88. The zero-order valence-electron chi connectivity index (χ0n) is 14.7. The number of rotatable bonds is 8. The largest absolute Gasteiger partial charge is 0.355 e. The predicted octanol–water partition coefficient (Wildman–Crippen LogP) is 1.58. The van der Waals surface area contributed by atoms with Crippen molar-refractivity contribution in [2.24, 2.45) is 0 Å². The van der Waals surface area contributed by atoms with Gasteiger partial charge in [-0.2, -0.15) is 0 Å². The highest BCUT2D eigenvalue weighted by Gasteiger charge is 2.16. The number of nitrogens with one attached hydrogen (secondary N) is 2. The van der Waals surface area contributed by atoms with Crippen molar-refractivity contribution in [3.05, 3.63) is 35.9 Å². The number of hydrogen-bond donors (Lipinski definition) is 2. The average Bonchev–Trinajstić information content (AvgIpc) is 2.42. The summed E-state index contributed by atoms with van der Waals surface area (Å²) in [5.41, 5.74) is 1.02. The van der Waals surface area contributed by atoms with Crippen molar-refractivity contribution in [2.45, 2.75) is 39.2 Å². The fourth-order valence-electron chi connectivity index (χ4n) is 2.22. The summed E-state index contributed by atoms with van der Waals surface area (Å²) in [5.74, 6) is -0.124. The molecule has 0 aliphatic carbocycles. The van der Waals surface area contributed by atoms with Gasteiger partial charge in [0.1, 0.15) is 0 Å². The summed E-state index contributed by atoms with van der Waals surface area (Å²) in [4.78, 5) is 25.3. The van der Waals surface area contributed by atoms with E-state index in [4.69, 9.17) is 0 Å². The Morgan fingerprint density at radius 1 is 1.04 bits per heavy atom. The van der Waals surface area contributed by atoms with Gasteiger partial charge in [-0.1, -0.05) is 30.3 Å². The maximum atomic E-state index is 11.8. The summed E-state index contributed by atoms with van der Waals surface area (Å²) < 4.78 is 0. The molecule has 0 saturated heterocycles. The molecule has 23 heavy (non-hydrogen) atoms. The molecular formula is C18H29N3O2. The Labute approximate surface area is 139 Å². The second-order valence-corrected chi connectivity index (χ2v) is 6.91. The first kappa shape index (κ1) is 19.2. The lowest BCUT2D eigenvalue weighted by Crippen LogP contribution is -2.46. The minimum atomic E-state index is -0.252. The van der Waals surface area contributed by atoms with Gasteiger partial charge in [-0.25, -0.2) is 0 Å². The van der Waals surface area contributed by atoms with E-state index in [-0.39, 0.29) is 30.4 Å². The summed E-state index contributed by atoms with van der Waals surface area (Å²) >= 11 is 0. The monoisotopic (exact) mass is 319 g/mol. The molecule has 0 saturated carbocycles. The van der Waals surface area contributed by atoms with Crippen LogP contribution in [0.15, 0.2) is 30.3 Å². The number of likely N-dealkylation sites (N-methyl/N-ethyl adjacent to an activating group) is 1. The van der Waals surface area contributed by atoms with Crippen LogP contribution in [0.1, 0.15) is 32.8 Å². The Morgan fingerprint density at radius 3 is 2.26 bits per heavy atom. The molecule has 0 radical (unpaired) electrons. The molecule has 1 rings (SSSR count). The third-order valence-electron chi connectivity index (χ3n) is 3.15. The lowest BCUT2D eigenvalue weighted by Gasteiger charge is -2.23. The van der Waals surface area contributed by atoms with Crippen LogP contribution >= 0.6 is 0 Å². The third-order valence-corrected chi connectivity index (χ3v) is 3.15. The minimum Gasteiger partial charge on any atom is -0.355 e. The van der Waals surface area contributed by atoms with Crippen molar-refractivity contribution < 1.29 is 9.59 Å². The zero-order chi connectivity index (χ0) is 17.3. The van der Waals surface area contributed by atoms with Crippen molar-refractivity contribution in [3.63, 3.8) is 0 Å². The summed E-state index contributed by atoms with van der Waals surface area (Å²) in [6, 6.07) is 10.2. The van der Waals surface area contributed by atoms with E-state index < -0.39 is 0 Å². The standard InChI is InChI=1S/C18H29N3O2/c1-18(2,3)20-17(23)14-21(4)13-16(22)19-12-8-11-15-9-6-5-7-10-15/h5-7,9-10H,8,11-14H2,1-4H3,(H,19,22)(H,20,23). The number of amides is 2. The molecule has 0 aliphatic rings. The number of nitrogens with zero attached hydrogens (tertiary/aromatic N) is 1. The molecule has 0 fully saturated rings. The van der Waals surface area contributed by atoms with Crippen LogP contribution in [0.4, 0.5) is 0 Å². The number of carbonyl (C=O) groups excluding carboxylic acids is 2. The third kappa shape index (κ3) is 9.68. The normalized spacial score (nSPS) is 11.3. The van der Waals surface area contributed by atoms with Crippen molar-refractivity contribution >= 4 is 11.8 Å². The zero-order valence-corrected chi connectivity index (χ0v) is 14.7. The van der Waals surface area contributed by atoms with E-state index >= 15 is 0 Å². The lowest BCUT2D eigenvalue weighted by atomic mass is 10.1. The van der Waals surface area contributed by atoms with Gasteiger partial charge in [-0.3, -0.25) is 14.5 Å². The van der Waals surface area contributed by atoms with Crippen molar-refractivity contribution in [2.75, 3.05) is 26.7 Å². The first-order valence-corrected chi connectivity index (χ1v) is 8.06. The Kier molecular flexibility index (Phi) is 7.75. The molecule has 0 spiro atoms. The van der Waals surface area contributed by atoms with E-state index in [9.17, 15) is 9.59 Å². The first-order valence-electron chi connectivity index (χ1n) is 8.06. The van der Waals surface area contributed by atoms with Crippen LogP contribution in [-0.4, -0.2) is 48.9 Å². The highest BCUT2D eigenvalue weighted by atomic mass is 16.2. The molecule has 0 aliphatic heterocycles. The van der Waals surface area contributed by atoms with Crippen LogP contribution in [0.5, 0.6) is 0 Å². The van der Waals surface area contributed by atoms with E-state index in [2.05, 4.69) is 22.8 Å². The Balaban J connectivity index is 2.16. The fourth-order valence-corrected chi connectivity index (χ4v) is 2.22. The molecule has 128 valence electrons. The molecule has 0 bridgehead atoms. The molecule has 5 nitrogen and oxygen atoms in total. The first-order chi connectivity index (χ1) is 10.8. The molecule has 0 heterocycles. The van der Waals surface area contributed by atoms with E-state index in [0.29, 0.717) is 6.54 Å². The summed E-state index contributed by atoms with van der Waals surface area (Å²) in [5, 5.41) is 5.77. The smallest absolute Gasteiger partial charge is 0.234 e. The second-order valence-electron chi connectivity index (χ2n) is 6.91. The van der Waals surface area contributed by atoms with E-state index in [0.717, 1.165) is 12.8 Å². The second kappa shape index (κ2) is 9.30. The molecule has 1 aromatic carbocycles. The Morgan fingerprint density at radius 2 is 1.65 bits per heavy atom. The number of carbonyl (C=O) groups is 2. The fraction of sp³-hybridized carbons (Fsp3) is 0.556. The average molecular weight is 319 g/mol. The van der Waals surface area contributed by atoms with Crippen LogP contribution in [0.3, 0.4) is 0 Å². The highest BCUT2D eigenvalue weighted by molar-refractivity contribution is 5.81. The number of benzene rings is 1. The number of hydrogen-bond acceptors (Lipinski definition) is 3.